The summed E-state index contributed by atoms with van der Waals surface area (Å²) in [5, 5.41) is 7.44. The maximum atomic E-state index is 11.5. The normalized spacial score (nSPS) is 11.7. The number of benzene rings is 1. The van der Waals surface area contributed by atoms with Crippen LogP contribution in [0.3, 0.4) is 0 Å². The van der Waals surface area contributed by atoms with Gasteiger partial charge >= 0.3 is 0 Å². The average molecular weight is 412 g/mol. The lowest BCUT2D eigenvalue weighted by Gasteiger charge is -2.07. The molecule has 0 amide bonds. The first-order valence-electron chi connectivity index (χ1n) is 5.57. The van der Waals surface area contributed by atoms with Gasteiger partial charge in [0.15, 0.2) is 5.82 Å². The van der Waals surface area contributed by atoms with Crippen LogP contribution in [0.25, 0.3) is 11.4 Å². The van der Waals surface area contributed by atoms with Crippen molar-refractivity contribution in [2.24, 2.45) is 0 Å². The van der Waals surface area contributed by atoms with Crippen LogP contribution in [0.2, 0.25) is 0 Å². The topological polar surface area (TPSA) is 64.8 Å². The van der Waals surface area contributed by atoms with Crippen LogP contribution in [0.15, 0.2) is 29.4 Å². The molecule has 0 aliphatic rings. The highest BCUT2D eigenvalue weighted by Gasteiger charge is 2.22. The highest BCUT2D eigenvalue weighted by molar-refractivity contribution is 14.1. The molecule has 0 fully saturated rings. The minimum absolute atomic E-state index is 0.204. The molecule has 0 bridgehead atoms. The molecule has 0 saturated carbocycles. The van der Waals surface area contributed by atoms with Crippen LogP contribution in [0.1, 0.15) is 13.3 Å². The van der Waals surface area contributed by atoms with E-state index in [2.05, 4.69) is 32.8 Å². The number of hydrogen-bond donors (Lipinski definition) is 0. The quantitative estimate of drug-likeness (QED) is 0.573. The Morgan fingerprint density at radius 1 is 1.26 bits per heavy atom. The highest BCUT2D eigenvalue weighted by atomic mass is 127. The van der Waals surface area contributed by atoms with Gasteiger partial charge in [0.25, 0.3) is 14.2 Å². The van der Waals surface area contributed by atoms with Crippen LogP contribution in [0.5, 0.6) is 0 Å². The molecule has 0 spiro atoms. The molecule has 1 aromatic carbocycles. The average Bonchev–Trinajstić information content (AvgIpc) is 2.74. The van der Waals surface area contributed by atoms with Gasteiger partial charge in [0.05, 0.1) is 0 Å². The number of nitrogens with zero attached hydrogens (tertiary/aromatic N) is 3. The van der Waals surface area contributed by atoms with Crippen molar-refractivity contribution < 1.29 is 8.42 Å². The lowest BCUT2D eigenvalue weighted by Crippen LogP contribution is -2.07. The second-order valence-corrected chi connectivity index (χ2v) is 7.61. The Balaban J connectivity index is 2.58. The summed E-state index contributed by atoms with van der Waals surface area (Å²) in [6.45, 7) is 2.44. The van der Waals surface area contributed by atoms with Crippen LogP contribution in [0.4, 0.5) is 0 Å². The first-order chi connectivity index (χ1) is 8.93. The molecule has 2 rings (SSSR count). The van der Waals surface area contributed by atoms with E-state index in [0.717, 1.165) is 15.6 Å². The fourth-order valence-corrected chi connectivity index (χ4v) is 2.99. The maximum Gasteiger partial charge on any atom is 0.296 e. The van der Waals surface area contributed by atoms with Crippen molar-refractivity contribution in [3.63, 3.8) is 0 Å². The zero-order valence-corrected chi connectivity index (χ0v) is 13.8. The van der Waals surface area contributed by atoms with Crippen molar-refractivity contribution in [2.45, 2.75) is 25.0 Å². The van der Waals surface area contributed by atoms with Gasteiger partial charge in [-0.25, -0.2) is 8.42 Å². The fraction of sp³-hybridized carbons (Fsp3) is 0.273. The van der Waals surface area contributed by atoms with Crippen molar-refractivity contribution in [1.82, 2.24) is 14.8 Å². The summed E-state index contributed by atoms with van der Waals surface area (Å²) in [6, 6.07) is 7.61. The van der Waals surface area contributed by atoms with Gasteiger partial charge in [-0.05, 0) is 41.1 Å². The van der Waals surface area contributed by atoms with E-state index >= 15 is 0 Å². The Morgan fingerprint density at radius 2 is 1.89 bits per heavy atom. The maximum absolute atomic E-state index is 11.5. The molecule has 1 aromatic heterocycles. The highest BCUT2D eigenvalue weighted by Crippen LogP contribution is 2.23. The summed E-state index contributed by atoms with van der Waals surface area (Å²) >= 11 is 2.20. The number of aromatic nitrogens is 3. The fourth-order valence-electron chi connectivity index (χ4n) is 1.71. The van der Waals surface area contributed by atoms with E-state index in [1.165, 1.54) is 4.57 Å². The summed E-state index contributed by atoms with van der Waals surface area (Å²) in [7, 11) is 1.48. The summed E-state index contributed by atoms with van der Waals surface area (Å²) in [5.74, 6) is 0.512. The minimum Gasteiger partial charge on any atom is -0.297 e. The second-order valence-electron chi connectivity index (χ2n) is 3.90. The first kappa shape index (κ1) is 14.7. The van der Waals surface area contributed by atoms with Gasteiger partial charge in [-0.2, -0.15) is 0 Å². The van der Waals surface area contributed by atoms with Crippen molar-refractivity contribution in [2.75, 3.05) is 0 Å². The van der Waals surface area contributed by atoms with Crippen LogP contribution in [-0.2, 0) is 15.6 Å². The molecule has 0 aliphatic carbocycles. The Labute approximate surface area is 129 Å². The second kappa shape index (κ2) is 5.76. The molecule has 1 heterocycles. The smallest absolute Gasteiger partial charge is 0.296 e. The minimum atomic E-state index is -3.89. The van der Waals surface area contributed by atoms with E-state index in [1.807, 2.05) is 31.2 Å². The molecule has 0 unspecified atom stereocenters. The van der Waals surface area contributed by atoms with Crippen LogP contribution >= 0.6 is 33.3 Å². The van der Waals surface area contributed by atoms with E-state index in [4.69, 9.17) is 10.7 Å². The van der Waals surface area contributed by atoms with Gasteiger partial charge in [0.2, 0.25) is 0 Å². The summed E-state index contributed by atoms with van der Waals surface area (Å²) in [4.78, 5) is 0. The van der Waals surface area contributed by atoms with Crippen molar-refractivity contribution in [3.05, 3.63) is 27.8 Å². The molecule has 2 aromatic rings. The Hall–Kier alpha value is -0.670. The lowest BCUT2D eigenvalue weighted by atomic mass is 10.2. The van der Waals surface area contributed by atoms with Gasteiger partial charge < -0.3 is 0 Å². The van der Waals surface area contributed by atoms with E-state index in [9.17, 15) is 8.42 Å². The number of halogens is 2. The lowest BCUT2D eigenvalue weighted by molar-refractivity contribution is 0.570. The molecule has 0 aliphatic heterocycles. The largest absolute Gasteiger partial charge is 0.297 e. The predicted molar refractivity (Wildman–Crippen MR) is 81.5 cm³/mol. The van der Waals surface area contributed by atoms with Crippen LogP contribution in [0, 0.1) is 3.57 Å². The molecule has 5 nitrogen and oxygen atoms in total. The van der Waals surface area contributed by atoms with Gasteiger partial charge in [0, 0.05) is 26.4 Å². The molecule has 102 valence electrons. The molecule has 0 N–H and O–H groups in total. The van der Waals surface area contributed by atoms with Crippen molar-refractivity contribution in [3.8, 4) is 11.4 Å². The summed E-state index contributed by atoms with van der Waals surface area (Å²) < 4.78 is 25.6. The summed E-state index contributed by atoms with van der Waals surface area (Å²) in [5.41, 5.74) is 0.813. The standard InChI is InChI=1S/C11H11ClIN3O2S/c1-2-7-16-10(8-3-5-9(13)6-4-8)14-15-11(16)19(12,17)18/h3-6H,2,7H2,1H3. The van der Waals surface area contributed by atoms with Gasteiger partial charge in [0.1, 0.15) is 0 Å². The van der Waals surface area contributed by atoms with Crippen LogP contribution in [-0.4, -0.2) is 23.2 Å². The predicted octanol–water partition coefficient (Wildman–Crippen LogP) is 2.89. The van der Waals surface area contributed by atoms with E-state index in [-0.39, 0.29) is 5.16 Å². The Bertz CT molecular complexity index is 682. The van der Waals surface area contributed by atoms with Gasteiger partial charge in [-0.3, -0.25) is 4.57 Å². The van der Waals surface area contributed by atoms with Crippen molar-refractivity contribution in [1.29, 1.82) is 0 Å². The Morgan fingerprint density at radius 3 is 2.42 bits per heavy atom. The van der Waals surface area contributed by atoms with Gasteiger partial charge in [-0.1, -0.05) is 19.1 Å². The van der Waals surface area contributed by atoms with E-state index in [1.54, 1.807) is 0 Å². The third kappa shape index (κ3) is 3.26. The number of hydrogen-bond acceptors (Lipinski definition) is 4. The SMILES string of the molecule is CCCn1c(-c2ccc(I)cc2)nnc1S(=O)(=O)Cl. The monoisotopic (exact) mass is 411 g/mol. The Kier molecular flexibility index (Phi) is 4.46. The molecule has 0 radical (unpaired) electrons. The van der Waals surface area contributed by atoms with Crippen molar-refractivity contribution >= 4 is 42.3 Å². The molecule has 0 atom stereocenters. The number of rotatable bonds is 4. The third-order valence-electron chi connectivity index (χ3n) is 2.48. The third-order valence-corrected chi connectivity index (χ3v) is 4.36. The van der Waals surface area contributed by atoms with Crippen LogP contribution < -0.4 is 0 Å². The van der Waals surface area contributed by atoms with Gasteiger partial charge in [-0.15, -0.1) is 10.2 Å². The zero-order valence-electron chi connectivity index (χ0n) is 10.0. The summed E-state index contributed by atoms with van der Waals surface area (Å²) in [6.07, 6.45) is 0.759. The zero-order chi connectivity index (χ0) is 14.0. The first-order valence-corrected chi connectivity index (χ1v) is 8.96. The molecule has 0 saturated heterocycles. The molecule has 8 heteroatoms. The molecular weight excluding hydrogens is 401 g/mol. The molecule has 19 heavy (non-hydrogen) atoms. The van der Waals surface area contributed by atoms with E-state index < -0.39 is 9.05 Å². The molecular formula is C11H11ClIN3O2S. The van der Waals surface area contributed by atoms with E-state index in [0.29, 0.717) is 12.4 Å².